The lowest BCUT2D eigenvalue weighted by molar-refractivity contribution is 0.172. The van der Waals surface area contributed by atoms with E-state index in [0.717, 1.165) is 22.6 Å². The van der Waals surface area contributed by atoms with E-state index in [2.05, 4.69) is 48.5 Å². The highest BCUT2D eigenvalue weighted by Crippen LogP contribution is 2.62. The standard InChI is InChI=1S/C27H25OPS/c28-27(23-15-7-2-8-16-23)26(21-22-13-5-1-6-14-22)29(30,24-17-9-3-10-18-24)25-19-11-4-12-20-25/h1-20,26-28H,21H2. The van der Waals surface area contributed by atoms with Gasteiger partial charge in [0.05, 0.1) is 16.3 Å². The zero-order chi connectivity index (χ0) is 20.8. The zero-order valence-corrected chi connectivity index (χ0v) is 18.4. The molecule has 30 heavy (non-hydrogen) atoms. The monoisotopic (exact) mass is 428 g/mol. The van der Waals surface area contributed by atoms with Crippen molar-refractivity contribution in [3.63, 3.8) is 0 Å². The number of hydrogen-bond acceptors (Lipinski definition) is 2. The van der Waals surface area contributed by atoms with Gasteiger partial charge in [-0.1, -0.05) is 97.1 Å². The van der Waals surface area contributed by atoms with Gasteiger partial charge in [-0.25, -0.2) is 0 Å². The van der Waals surface area contributed by atoms with E-state index >= 15 is 0 Å². The van der Waals surface area contributed by atoms with Crippen molar-refractivity contribution in [1.82, 2.24) is 0 Å². The number of hydrogen-bond donors (Lipinski definition) is 1. The fraction of sp³-hybridized carbons (Fsp3) is 0.111. The van der Waals surface area contributed by atoms with Gasteiger partial charge in [0.25, 0.3) is 0 Å². The van der Waals surface area contributed by atoms with Crippen molar-refractivity contribution in [2.45, 2.75) is 18.2 Å². The van der Waals surface area contributed by atoms with Crippen LogP contribution in [-0.4, -0.2) is 10.8 Å². The lowest BCUT2D eigenvalue weighted by Crippen LogP contribution is -2.35. The summed E-state index contributed by atoms with van der Waals surface area (Å²) in [6.07, 6.45) is 0.0653. The predicted octanol–water partition coefficient (Wildman–Crippen LogP) is 5.46. The van der Waals surface area contributed by atoms with E-state index in [4.69, 9.17) is 12.2 Å². The number of aliphatic hydroxyl groups excluding tert-OH is 1. The number of rotatable bonds is 7. The van der Waals surface area contributed by atoms with Crippen LogP contribution in [0.2, 0.25) is 0 Å². The highest BCUT2D eigenvalue weighted by Gasteiger charge is 2.43. The van der Waals surface area contributed by atoms with Crippen molar-refractivity contribution in [1.29, 1.82) is 0 Å². The molecule has 4 aromatic rings. The lowest BCUT2D eigenvalue weighted by atomic mass is 10.0. The maximum absolute atomic E-state index is 11.7. The second kappa shape index (κ2) is 9.62. The van der Waals surface area contributed by atoms with Crippen LogP contribution < -0.4 is 10.6 Å². The van der Waals surface area contributed by atoms with Gasteiger partial charge in [0.2, 0.25) is 0 Å². The smallest absolute Gasteiger partial charge is 0.115 e. The van der Waals surface area contributed by atoms with Crippen LogP contribution in [0, 0.1) is 0 Å². The minimum atomic E-state index is -2.34. The summed E-state index contributed by atoms with van der Waals surface area (Å²) in [5, 5.41) is 13.9. The van der Waals surface area contributed by atoms with E-state index in [9.17, 15) is 5.11 Å². The lowest BCUT2D eigenvalue weighted by Gasteiger charge is -2.42. The molecule has 0 bridgehead atoms. The Bertz CT molecular complexity index is 1000. The Balaban J connectivity index is 1.89. The Morgan fingerprint density at radius 2 is 1.00 bits per heavy atom. The molecule has 0 aliphatic carbocycles. The van der Waals surface area contributed by atoms with E-state index in [1.165, 1.54) is 5.56 Å². The molecule has 0 saturated heterocycles. The molecule has 2 atom stereocenters. The second-order valence-corrected chi connectivity index (χ2v) is 12.2. The number of benzene rings is 4. The summed E-state index contributed by atoms with van der Waals surface area (Å²) < 4.78 is 0. The summed E-state index contributed by atoms with van der Waals surface area (Å²) in [5.74, 6) is 0. The average molecular weight is 429 g/mol. The largest absolute Gasteiger partial charge is 0.545 e. The van der Waals surface area contributed by atoms with Gasteiger partial charge in [-0.15, -0.1) is 0 Å². The highest BCUT2D eigenvalue weighted by molar-refractivity contribution is 8.48. The van der Waals surface area contributed by atoms with Gasteiger partial charge in [-0.05, 0) is 41.9 Å². The zero-order valence-electron chi connectivity index (χ0n) is 16.7. The molecule has 0 radical (unpaired) electrons. The van der Waals surface area contributed by atoms with Crippen LogP contribution in [0.15, 0.2) is 121 Å². The third-order valence-electron chi connectivity index (χ3n) is 5.54. The summed E-state index contributed by atoms with van der Waals surface area (Å²) in [6.45, 7) is -2.34. The molecule has 2 unspecified atom stereocenters. The molecule has 0 heterocycles. The quantitative estimate of drug-likeness (QED) is 0.312. The summed E-state index contributed by atoms with van der Waals surface area (Å²) in [6, 6.07) is 41.1. The van der Waals surface area contributed by atoms with Crippen LogP contribution in [0.4, 0.5) is 0 Å². The molecular formula is C27H25OPS. The molecule has 150 valence electrons. The molecule has 4 aromatic carbocycles. The Hall–Kier alpha value is -2.38. The van der Waals surface area contributed by atoms with E-state index in [1.807, 2.05) is 72.8 Å². The molecule has 0 aliphatic heterocycles. The Morgan fingerprint density at radius 1 is 0.600 bits per heavy atom. The van der Waals surface area contributed by atoms with Crippen molar-refractivity contribution in [3.8, 4) is 0 Å². The van der Waals surface area contributed by atoms with Crippen molar-refractivity contribution in [3.05, 3.63) is 132 Å². The van der Waals surface area contributed by atoms with Crippen molar-refractivity contribution >= 4 is 29.3 Å². The van der Waals surface area contributed by atoms with Gasteiger partial charge < -0.3 is 17.4 Å². The minimum absolute atomic E-state index is 0.123. The van der Waals surface area contributed by atoms with E-state index in [1.54, 1.807) is 0 Å². The molecule has 1 nitrogen and oxygen atoms in total. The van der Waals surface area contributed by atoms with Gasteiger partial charge in [0.15, 0.2) is 0 Å². The van der Waals surface area contributed by atoms with Gasteiger partial charge in [0.1, 0.15) is 6.10 Å². The van der Waals surface area contributed by atoms with Crippen LogP contribution in [0.25, 0.3) is 0 Å². The molecule has 0 aliphatic rings. The van der Waals surface area contributed by atoms with Crippen LogP contribution in [0.3, 0.4) is 0 Å². The molecule has 3 heteroatoms. The molecular weight excluding hydrogens is 403 g/mol. The number of aliphatic hydroxyl groups is 1. The Kier molecular flexibility index (Phi) is 6.69. The molecule has 0 aromatic heterocycles. The van der Waals surface area contributed by atoms with Crippen molar-refractivity contribution in [2.75, 3.05) is 0 Å². The third-order valence-corrected chi connectivity index (χ3v) is 11.1. The first-order valence-electron chi connectivity index (χ1n) is 10.2. The minimum Gasteiger partial charge on any atom is -0.545 e. The average Bonchev–Trinajstić information content (AvgIpc) is 2.84. The Labute approximate surface area is 184 Å². The highest BCUT2D eigenvalue weighted by atomic mass is 32.7. The van der Waals surface area contributed by atoms with E-state index in [-0.39, 0.29) is 5.66 Å². The molecule has 0 fully saturated rings. The summed E-state index contributed by atoms with van der Waals surface area (Å²) in [7, 11) is 0. The first-order valence-corrected chi connectivity index (χ1v) is 13.0. The predicted molar refractivity (Wildman–Crippen MR) is 132 cm³/mol. The van der Waals surface area contributed by atoms with E-state index < -0.39 is 12.6 Å². The van der Waals surface area contributed by atoms with Gasteiger partial charge in [0, 0.05) is 6.42 Å². The van der Waals surface area contributed by atoms with Crippen LogP contribution in [-0.2, 0) is 18.7 Å². The molecule has 4 rings (SSSR count). The van der Waals surface area contributed by atoms with Gasteiger partial charge >= 0.3 is 0 Å². The first-order chi connectivity index (χ1) is 14.7. The summed E-state index contributed by atoms with van der Waals surface area (Å²) >= 11 is 6.58. The first kappa shape index (κ1) is 20.9. The fourth-order valence-electron chi connectivity index (χ4n) is 4.00. The molecule has 0 saturated carbocycles. The molecule has 0 spiro atoms. The second-order valence-electron chi connectivity index (χ2n) is 7.44. The van der Waals surface area contributed by atoms with Gasteiger partial charge in [-0.3, -0.25) is 0 Å². The Morgan fingerprint density at radius 3 is 1.47 bits per heavy atom. The third kappa shape index (κ3) is 4.37. The van der Waals surface area contributed by atoms with Crippen LogP contribution >= 0.6 is 6.46 Å². The van der Waals surface area contributed by atoms with Gasteiger partial charge in [-0.2, -0.15) is 0 Å². The SMILES string of the molecule is OC(c1ccccc1)C(Cc1ccccc1)[P+]([S-])(c1ccccc1)c1ccccc1. The van der Waals surface area contributed by atoms with Crippen molar-refractivity contribution < 1.29 is 5.11 Å². The summed E-state index contributed by atoms with van der Waals surface area (Å²) in [4.78, 5) is 0. The fourth-order valence-corrected chi connectivity index (χ4v) is 8.63. The topological polar surface area (TPSA) is 20.2 Å². The maximum Gasteiger partial charge on any atom is 0.115 e. The normalized spacial score (nSPS) is 13.5. The maximum atomic E-state index is 11.7. The van der Waals surface area contributed by atoms with E-state index in [0.29, 0.717) is 0 Å². The molecule has 1 N–H and O–H groups in total. The van der Waals surface area contributed by atoms with Crippen LogP contribution in [0.5, 0.6) is 0 Å². The summed E-state index contributed by atoms with van der Waals surface area (Å²) in [5.41, 5.74) is 1.99. The molecule has 0 amide bonds. The van der Waals surface area contributed by atoms with Crippen molar-refractivity contribution in [2.24, 2.45) is 0 Å². The van der Waals surface area contributed by atoms with Crippen LogP contribution in [0.1, 0.15) is 17.2 Å².